The Bertz CT molecular complexity index is 410. The van der Waals surface area contributed by atoms with E-state index in [0.29, 0.717) is 0 Å². The van der Waals surface area contributed by atoms with Gasteiger partial charge in [0.05, 0.1) is 6.26 Å². The monoisotopic (exact) mass is 207 g/mol. The second-order valence-corrected chi connectivity index (χ2v) is 3.60. The number of hydrogen-bond donors (Lipinski definition) is 2. The van der Waals surface area contributed by atoms with Crippen molar-refractivity contribution in [1.82, 2.24) is 5.32 Å². The molecule has 3 heteroatoms. The van der Waals surface area contributed by atoms with E-state index in [4.69, 9.17) is 4.42 Å². The number of fused-ring (bicyclic) bond motifs is 1. The van der Waals surface area contributed by atoms with Gasteiger partial charge in [-0.15, -0.1) is 0 Å². The van der Waals surface area contributed by atoms with Crippen molar-refractivity contribution in [2.75, 3.05) is 12.3 Å². The second-order valence-electron chi connectivity index (χ2n) is 3.16. The van der Waals surface area contributed by atoms with Crippen molar-refractivity contribution in [3.63, 3.8) is 0 Å². The van der Waals surface area contributed by atoms with Gasteiger partial charge in [0.1, 0.15) is 5.58 Å². The van der Waals surface area contributed by atoms with Crippen LogP contribution in [0.2, 0.25) is 0 Å². The average molecular weight is 207 g/mol. The van der Waals surface area contributed by atoms with E-state index >= 15 is 0 Å². The highest BCUT2D eigenvalue weighted by Gasteiger charge is 2.03. The number of para-hydroxylation sites is 1. The van der Waals surface area contributed by atoms with Crippen LogP contribution in [0.3, 0.4) is 0 Å². The molecule has 0 aliphatic carbocycles. The molecule has 0 atom stereocenters. The van der Waals surface area contributed by atoms with Gasteiger partial charge >= 0.3 is 0 Å². The molecule has 2 rings (SSSR count). The Kier molecular flexibility index (Phi) is 3.11. The zero-order valence-corrected chi connectivity index (χ0v) is 8.76. The van der Waals surface area contributed by atoms with Crippen molar-refractivity contribution in [2.45, 2.75) is 6.54 Å². The van der Waals surface area contributed by atoms with Gasteiger partial charge in [-0.1, -0.05) is 18.2 Å². The third kappa shape index (κ3) is 1.94. The molecule has 0 unspecified atom stereocenters. The molecule has 0 radical (unpaired) electrons. The van der Waals surface area contributed by atoms with Crippen LogP contribution in [-0.4, -0.2) is 12.3 Å². The Balaban J connectivity index is 2.17. The zero-order chi connectivity index (χ0) is 9.80. The molecule has 0 saturated heterocycles. The average Bonchev–Trinajstić information content (AvgIpc) is 2.63. The molecule has 14 heavy (non-hydrogen) atoms. The SMILES string of the molecule is SCCNCc1coc2ccccc12. The first kappa shape index (κ1) is 9.62. The fourth-order valence-electron chi connectivity index (χ4n) is 1.47. The first-order valence-corrected chi connectivity index (χ1v) is 5.32. The van der Waals surface area contributed by atoms with Crippen LogP contribution in [0, 0.1) is 0 Å². The summed E-state index contributed by atoms with van der Waals surface area (Å²) in [5.74, 6) is 0.857. The standard InChI is InChI=1S/C11H13NOS/c14-6-5-12-7-9-8-13-11-4-2-1-3-10(9)11/h1-4,8,12,14H,5-7H2. The van der Waals surface area contributed by atoms with E-state index in [0.717, 1.165) is 24.4 Å². The lowest BCUT2D eigenvalue weighted by atomic mass is 10.2. The van der Waals surface area contributed by atoms with Gasteiger partial charge in [-0.25, -0.2) is 0 Å². The van der Waals surface area contributed by atoms with Crippen LogP contribution in [0.15, 0.2) is 34.9 Å². The fraction of sp³-hybridized carbons (Fsp3) is 0.273. The lowest BCUT2D eigenvalue weighted by Crippen LogP contribution is -2.15. The van der Waals surface area contributed by atoms with Gasteiger partial charge in [-0.05, 0) is 6.07 Å². The first-order chi connectivity index (χ1) is 6.92. The van der Waals surface area contributed by atoms with Gasteiger partial charge in [0, 0.05) is 29.8 Å². The van der Waals surface area contributed by atoms with Crippen LogP contribution in [0.4, 0.5) is 0 Å². The highest BCUT2D eigenvalue weighted by Crippen LogP contribution is 2.20. The summed E-state index contributed by atoms with van der Waals surface area (Å²) in [5.41, 5.74) is 2.16. The van der Waals surface area contributed by atoms with Gasteiger partial charge in [0.15, 0.2) is 0 Å². The van der Waals surface area contributed by atoms with Crippen molar-refractivity contribution >= 4 is 23.6 Å². The number of hydrogen-bond acceptors (Lipinski definition) is 3. The van der Waals surface area contributed by atoms with E-state index in [1.165, 1.54) is 10.9 Å². The Morgan fingerprint density at radius 3 is 3.00 bits per heavy atom. The molecule has 0 fully saturated rings. The lowest BCUT2D eigenvalue weighted by molar-refractivity contribution is 0.605. The summed E-state index contributed by atoms with van der Waals surface area (Å²) in [7, 11) is 0. The normalized spacial score (nSPS) is 10.9. The number of furan rings is 1. The van der Waals surface area contributed by atoms with Gasteiger partial charge in [0.2, 0.25) is 0 Å². The molecule has 0 saturated carbocycles. The molecule has 0 amide bonds. The van der Waals surface area contributed by atoms with Crippen molar-refractivity contribution in [3.8, 4) is 0 Å². The number of nitrogens with one attached hydrogen (secondary N) is 1. The smallest absolute Gasteiger partial charge is 0.134 e. The summed E-state index contributed by atoms with van der Waals surface area (Å²) in [6, 6.07) is 8.07. The van der Waals surface area contributed by atoms with E-state index in [-0.39, 0.29) is 0 Å². The summed E-state index contributed by atoms with van der Waals surface area (Å²) >= 11 is 4.14. The maximum atomic E-state index is 5.42. The molecule has 0 bridgehead atoms. The Labute approximate surface area is 88.7 Å². The van der Waals surface area contributed by atoms with Crippen LogP contribution >= 0.6 is 12.6 Å². The van der Waals surface area contributed by atoms with Gasteiger partial charge in [-0.3, -0.25) is 0 Å². The Morgan fingerprint density at radius 2 is 2.14 bits per heavy atom. The molecule has 0 aliphatic heterocycles. The van der Waals surface area contributed by atoms with Crippen molar-refractivity contribution < 1.29 is 4.42 Å². The molecule has 0 aliphatic rings. The summed E-state index contributed by atoms with van der Waals surface area (Å²) in [6.07, 6.45) is 1.82. The van der Waals surface area contributed by atoms with E-state index in [2.05, 4.69) is 24.0 Å². The van der Waals surface area contributed by atoms with Crippen LogP contribution in [0.25, 0.3) is 11.0 Å². The molecular weight excluding hydrogens is 194 g/mol. The van der Waals surface area contributed by atoms with Crippen molar-refractivity contribution in [2.24, 2.45) is 0 Å². The molecule has 74 valence electrons. The van der Waals surface area contributed by atoms with Gasteiger partial charge in [-0.2, -0.15) is 12.6 Å². The lowest BCUT2D eigenvalue weighted by Gasteiger charge is -1.99. The maximum Gasteiger partial charge on any atom is 0.134 e. The summed E-state index contributed by atoms with van der Waals surface area (Å²) in [4.78, 5) is 0. The van der Waals surface area contributed by atoms with Crippen LogP contribution < -0.4 is 5.32 Å². The number of rotatable bonds is 4. The van der Waals surface area contributed by atoms with E-state index in [1.807, 2.05) is 24.5 Å². The predicted octanol–water partition coefficient (Wildman–Crippen LogP) is 2.45. The van der Waals surface area contributed by atoms with E-state index in [9.17, 15) is 0 Å². The highest BCUT2D eigenvalue weighted by atomic mass is 32.1. The number of benzene rings is 1. The van der Waals surface area contributed by atoms with E-state index in [1.54, 1.807) is 0 Å². The molecule has 1 N–H and O–H groups in total. The minimum Gasteiger partial charge on any atom is -0.464 e. The number of thiol groups is 1. The summed E-state index contributed by atoms with van der Waals surface area (Å²) in [6.45, 7) is 1.76. The van der Waals surface area contributed by atoms with E-state index < -0.39 is 0 Å². The minimum atomic E-state index is 0.845. The van der Waals surface area contributed by atoms with Crippen LogP contribution in [0.1, 0.15) is 5.56 Å². The molecule has 2 aromatic rings. The Hall–Kier alpha value is -0.930. The maximum absolute atomic E-state index is 5.42. The van der Waals surface area contributed by atoms with Crippen LogP contribution in [-0.2, 0) is 6.54 Å². The van der Waals surface area contributed by atoms with Crippen molar-refractivity contribution in [3.05, 3.63) is 36.1 Å². The van der Waals surface area contributed by atoms with Crippen molar-refractivity contribution in [1.29, 1.82) is 0 Å². The minimum absolute atomic E-state index is 0.845. The first-order valence-electron chi connectivity index (χ1n) is 4.68. The fourth-order valence-corrected chi connectivity index (χ4v) is 1.63. The topological polar surface area (TPSA) is 25.2 Å². The third-order valence-corrected chi connectivity index (χ3v) is 2.39. The van der Waals surface area contributed by atoms with Gasteiger partial charge < -0.3 is 9.73 Å². The molecule has 1 aromatic carbocycles. The molecule has 1 aromatic heterocycles. The van der Waals surface area contributed by atoms with Crippen LogP contribution in [0.5, 0.6) is 0 Å². The summed E-state index contributed by atoms with van der Waals surface area (Å²) < 4.78 is 5.42. The zero-order valence-electron chi connectivity index (χ0n) is 7.86. The predicted molar refractivity (Wildman–Crippen MR) is 61.8 cm³/mol. The largest absolute Gasteiger partial charge is 0.464 e. The Morgan fingerprint density at radius 1 is 1.29 bits per heavy atom. The van der Waals surface area contributed by atoms with Gasteiger partial charge in [0.25, 0.3) is 0 Å². The quantitative estimate of drug-likeness (QED) is 0.594. The molecule has 2 nitrogen and oxygen atoms in total. The second kappa shape index (κ2) is 4.53. The highest BCUT2D eigenvalue weighted by molar-refractivity contribution is 7.80. The summed E-state index contributed by atoms with van der Waals surface area (Å²) in [5, 5.41) is 4.49. The molecular formula is C11H13NOS. The third-order valence-electron chi connectivity index (χ3n) is 2.17. The molecule has 0 spiro atoms. The molecule has 1 heterocycles.